The Morgan fingerprint density at radius 2 is 1.86 bits per heavy atom. The van der Waals surface area contributed by atoms with E-state index in [4.69, 9.17) is 27.9 Å². The van der Waals surface area contributed by atoms with Gasteiger partial charge in [-0.2, -0.15) is 5.10 Å². The molecule has 114 valence electrons. The van der Waals surface area contributed by atoms with Crippen molar-refractivity contribution in [2.24, 2.45) is 7.05 Å². The van der Waals surface area contributed by atoms with E-state index < -0.39 is 0 Å². The number of hydrogen-bond donors (Lipinski definition) is 0. The molecule has 0 unspecified atom stereocenters. The molecule has 0 aliphatic rings. The molecule has 0 bridgehead atoms. The first-order chi connectivity index (χ1) is 9.97. The summed E-state index contributed by atoms with van der Waals surface area (Å²) in [5, 5.41) is 5.10. The highest BCUT2D eigenvalue weighted by molar-refractivity contribution is 6.31. The van der Waals surface area contributed by atoms with Crippen LogP contribution in [-0.2, 0) is 26.0 Å². The third-order valence-electron chi connectivity index (χ3n) is 3.53. The maximum atomic E-state index is 6.34. The predicted molar refractivity (Wildman–Crippen MR) is 87.4 cm³/mol. The Morgan fingerprint density at radius 1 is 1.24 bits per heavy atom. The number of benzene rings is 1. The van der Waals surface area contributed by atoms with Crippen molar-refractivity contribution in [2.45, 2.75) is 39.7 Å². The van der Waals surface area contributed by atoms with Crippen LogP contribution in [0.15, 0.2) is 12.1 Å². The number of nitrogens with zero attached hydrogens (tertiary/aromatic N) is 2. The molecule has 21 heavy (non-hydrogen) atoms. The van der Waals surface area contributed by atoms with Crippen LogP contribution >= 0.6 is 23.2 Å². The Bertz CT molecular complexity index is 627. The zero-order valence-electron chi connectivity index (χ0n) is 12.8. The molecule has 0 saturated carbocycles. The number of aromatic nitrogens is 2. The van der Waals surface area contributed by atoms with Gasteiger partial charge in [-0.1, -0.05) is 30.7 Å². The Labute approximate surface area is 135 Å². The Balaban J connectivity index is 2.23. The highest BCUT2D eigenvalue weighted by Crippen LogP contribution is 2.28. The molecule has 2 aromatic rings. The maximum absolute atomic E-state index is 6.34. The summed E-state index contributed by atoms with van der Waals surface area (Å²) < 4.78 is 7.77. The molecule has 0 saturated heterocycles. The molecule has 5 heteroatoms. The molecule has 3 nitrogen and oxygen atoms in total. The first-order valence-electron chi connectivity index (χ1n) is 6.97. The molecule has 0 atom stereocenters. The zero-order valence-corrected chi connectivity index (χ0v) is 14.3. The molecule has 0 spiro atoms. The van der Waals surface area contributed by atoms with Crippen LogP contribution in [0.5, 0.6) is 5.75 Å². The highest BCUT2D eigenvalue weighted by atomic mass is 35.5. The van der Waals surface area contributed by atoms with Gasteiger partial charge in [0, 0.05) is 12.9 Å². The van der Waals surface area contributed by atoms with Gasteiger partial charge in [-0.15, -0.1) is 11.6 Å². The third kappa shape index (κ3) is 3.35. The van der Waals surface area contributed by atoms with Crippen LogP contribution in [0.1, 0.15) is 35.0 Å². The summed E-state index contributed by atoms with van der Waals surface area (Å²) >= 11 is 12.2. The van der Waals surface area contributed by atoms with Crippen LogP contribution < -0.4 is 4.74 Å². The van der Waals surface area contributed by atoms with Crippen LogP contribution in [0.3, 0.4) is 0 Å². The third-order valence-corrected chi connectivity index (χ3v) is 4.28. The van der Waals surface area contributed by atoms with Crippen LogP contribution in [0.2, 0.25) is 5.02 Å². The van der Waals surface area contributed by atoms with Crippen LogP contribution in [0.4, 0.5) is 0 Å². The van der Waals surface area contributed by atoms with Crippen molar-refractivity contribution in [3.05, 3.63) is 45.2 Å². The van der Waals surface area contributed by atoms with Gasteiger partial charge in [-0.25, -0.2) is 0 Å². The first kappa shape index (κ1) is 16.2. The summed E-state index contributed by atoms with van der Waals surface area (Å²) in [7, 11) is 1.89. The van der Waals surface area contributed by atoms with Gasteiger partial charge in [0.25, 0.3) is 0 Å². The van der Waals surface area contributed by atoms with Gasteiger partial charge in [-0.05, 0) is 37.0 Å². The van der Waals surface area contributed by atoms with Crippen molar-refractivity contribution in [2.75, 3.05) is 0 Å². The molecule has 0 amide bonds. The lowest BCUT2D eigenvalue weighted by Crippen LogP contribution is -2.05. The Kier molecular flexibility index (Phi) is 5.17. The van der Waals surface area contributed by atoms with E-state index >= 15 is 0 Å². The molecule has 2 rings (SSSR count). The molecule has 0 radical (unpaired) electrons. The Morgan fingerprint density at radius 3 is 2.33 bits per heavy atom. The second-order valence-corrected chi connectivity index (χ2v) is 5.81. The van der Waals surface area contributed by atoms with E-state index in [1.165, 1.54) is 0 Å². The number of alkyl halides is 1. The predicted octanol–water partition coefficient (Wildman–Crippen LogP) is 4.57. The van der Waals surface area contributed by atoms with E-state index in [0.717, 1.165) is 40.2 Å². The standard InChI is InChI=1S/C16H20Cl2N2O/c1-5-13-15(18)14(20(4)19-13)9-21-16-10(2)6-12(8-17)7-11(16)3/h6-7H,5,8-9H2,1-4H3. The topological polar surface area (TPSA) is 27.1 Å². The number of hydrogen-bond acceptors (Lipinski definition) is 2. The van der Waals surface area contributed by atoms with Gasteiger partial charge in [0.05, 0.1) is 16.4 Å². The lowest BCUT2D eigenvalue weighted by atomic mass is 10.1. The van der Waals surface area contributed by atoms with Gasteiger partial charge < -0.3 is 4.74 Å². The monoisotopic (exact) mass is 326 g/mol. The smallest absolute Gasteiger partial charge is 0.131 e. The SMILES string of the molecule is CCc1nn(C)c(COc2c(C)cc(CCl)cc2C)c1Cl. The van der Waals surface area contributed by atoms with E-state index in [0.29, 0.717) is 17.5 Å². The summed E-state index contributed by atoms with van der Waals surface area (Å²) in [6.45, 7) is 6.50. The molecule has 0 fully saturated rings. The van der Waals surface area contributed by atoms with Crippen LogP contribution in [-0.4, -0.2) is 9.78 Å². The van der Waals surface area contributed by atoms with Crippen molar-refractivity contribution in [1.29, 1.82) is 0 Å². The van der Waals surface area contributed by atoms with E-state index in [2.05, 4.69) is 17.2 Å². The molecule has 1 aromatic heterocycles. The molecule has 0 aliphatic heterocycles. The molecular weight excluding hydrogens is 307 g/mol. The van der Waals surface area contributed by atoms with Crippen molar-refractivity contribution in [3.8, 4) is 5.75 Å². The fourth-order valence-electron chi connectivity index (χ4n) is 2.46. The summed E-state index contributed by atoms with van der Waals surface area (Å²) in [6, 6.07) is 4.11. The fraction of sp³-hybridized carbons (Fsp3) is 0.438. The van der Waals surface area contributed by atoms with E-state index in [1.54, 1.807) is 4.68 Å². The minimum absolute atomic E-state index is 0.407. The summed E-state index contributed by atoms with van der Waals surface area (Å²) in [6.07, 6.45) is 0.815. The highest BCUT2D eigenvalue weighted by Gasteiger charge is 2.14. The maximum Gasteiger partial charge on any atom is 0.131 e. The normalized spacial score (nSPS) is 11.0. The summed E-state index contributed by atoms with van der Waals surface area (Å²) in [4.78, 5) is 0. The van der Waals surface area contributed by atoms with Gasteiger partial charge in [0.2, 0.25) is 0 Å². The molecular formula is C16H20Cl2N2O. The van der Waals surface area contributed by atoms with Crippen molar-refractivity contribution >= 4 is 23.2 Å². The lowest BCUT2D eigenvalue weighted by molar-refractivity contribution is 0.291. The Hall–Kier alpha value is -1.19. The van der Waals surface area contributed by atoms with E-state index in [1.807, 2.05) is 27.8 Å². The van der Waals surface area contributed by atoms with Crippen molar-refractivity contribution < 1.29 is 4.74 Å². The number of ether oxygens (including phenoxy) is 1. The molecule has 1 aromatic carbocycles. The minimum Gasteiger partial charge on any atom is -0.487 e. The van der Waals surface area contributed by atoms with Crippen LogP contribution in [0.25, 0.3) is 0 Å². The first-order valence-corrected chi connectivity index (χ1v) is 7.88. The summed E-state index contributed by atoms with van der Waals surface area (Å²) in [5.74, 6) is 1.40. The van der Waals surface area contributed by atoms with Gasteiger partial charge in [0.1, 0.15) is 12.4 Å². The lowest BCUT2D eigenvalue weighted by Gasteiger charge is -2.14. The fourth-order valence-corrected chi connectivity index (χ4v) is 2.96. The molecule has 0 aliphatic carbocycles. The van der Waals surface area contributed by atoms with Crippen molar-refractivity contribution in [3.63, 3.8) is 0 Å². The van der Waals surface area contributed by atoms with Crippen LogP contribution in [0, 0.1) is 13.8 Å². The van der Waals surface area contributed by atoms with E-state index in [-0.39, 0.29) is 0 Å². The average molecular weight is 327 g/mol. The molecule has 1 heterocycles. The van der Waals surface area contributed by atoms with Gasteiger partial charge in [-0.3, -0.25) is 4.68 Å². The minimum atomic E-state index is 0.407. The number of aryl methyl sites for hydroxylation is 4. The largest absolute Gasteiger partial charge is 0.487 e. The quantitative estimate of drug-likeness (QED) is 0.752. The molecule has 0 N–H and O–H groups in total. The number of rotatable bonds is 5. The van der Waals surface area contributed by atoms with Gasteiger partial charge >= 0.3 is 0 Å². The summed E-state index contributed by atoms with van der Waals surface area (Å²) in [5.41, 5.74) is 5.07. The zero-order chi connectivity index (χ0) is 15.6. The van der Waals surface area contributed by atoms with Gasteiger partial charge in [0.15, 0.2) is 0 Å². The number of halogens is 2. The average Bonchev–Trinajstić information content (AvgIpc) is 2.72. The second-order valence-electron chi connectivity index (χ2n) is 5.17. The van der Waals surface area contributed by atoms with E-state index in [9.17, 15) is 0 Å². The van der Waals surface area contributed by atoms with Crippen molar-refractivity contribution in [1.82, 2.24) is 9.78 Å². The second kappa shape index (κ2) is 6.71.